The summed E-state index contributed by atoms with van der Waals surface area (Å²) in [6.45, 7) is 0. The van der Waals surface area contributed by atoms with Crippen molar-refractivity contribution in [2.45, 2.75) is 51.4 Å². The smallest absolute Gasteiger partial charge is 0.550 e. The van der Waals surface area contributed by atoms with Crippen LogP contribution < -0.4 is 5.11 Å². The largest absolute Gasteiger partial charge is 2.00 e. The van der Waals surface area contributed by atoms with Crippen LogP contribution >= 0.6 is 0 Å². The van der Waals surface area contributed by atoms with Crippen LogP contribution in [-0.4, -0.2) is 5.97 Å². The van der Waals surface area contributed by atoms with E-state index in [9.17, 15) is 9.90 Å². The second-order valence-electron chi connectivity index (χ2n) is 3.77. The Morgan fingerprint density at radius 3 is 2.38 bits per heavy atom. The van der Waals surface area contributed by atoms with Crippen molar-refractivity contribution in [3.8, 4) is 0 Å². The van der Waals surface area contributed by atoms with Crippen LogP contribution in [-0.2, 0) is 32.1 Å². The van der Waals surface area contributed by atoms with E-state index in [1.165, 1.54) is 32.1 Å². The summed E-state index contributed by atoms with van der Waals surface area (Å²) in [5, 5.41) is 10.1. The SMILES string of the molecule is O=C([O-])CCCC1CCCCC1.[Cd+2]. The second-order valence-corrected chi connectivity index (χ2v) is 3.77. The average molecular weight is 282 g/mol. The van der Waals surface area contributed by atoms with Crippen molar-refractivity contribution in [3.63, 3.8) is 0 Å². The fourth-order valence-corrected chi connectivity index (χ4v) is 2.01. The number of hydrogen-bond donors (Lipinski definition) is 0. The topological polar surface area (TPSA) is 40.1 Å². The van der Waals surface area contributed by atoms with Gasteiger partial charge in [-0.15, -0.1) is 0 Å². The average Bonchev–Trinajstić information content (AvgIpc) is 2.05. The molecule has 0 aromatic carbocycles. The maximum Gasteiger partial charge on any atom is 2.00 e. The Morgan fingerprint density at radius 2 is 1.85 bits per heavy atom. The van der Waals surface area contributed by atoms with Gasteiger partial charge in [0, 0.05) is 5.97 Å². The fourth-order valence-electron chi connectivity index (χ4n) is 2.01. The summed E-state index contributed by atoms with van der Waals surface area (Å²) in [5.41, 5.74) is 0. The summed E-state index contributed by atoms with van der Waals surface area (Å²) in [5.74, 6) is -0.0936. The van der Waals surface area contributed by atoms with Gasteiger partial charge in [0.15, 0.2) is 0 Å². The summed E-state index contributed by atoms with van der Waals surface area (Å²) in [6.07, 6.45) is 8.83. The van der Waals surface area contributed by atoms with E-state index in [1.54, 1.807) is 0 Å². The molecule has 0 atom stereocenters. The van der Waals surface area contributed by atoms with Crippen molar-refractivity contribution >= 4 is 5.97 Å². The van der Waals surface area contributed by atoms with Crippen molar-refractivity contribution in [1.29, 1.82) is 0 Å². The Labute approximate surface area is 100 Å². The molecule has 13 heavy (non-hydrogen) atoms. The van der Waals surface area contributed by atoms with Crippen molar-refractivity contribution in [2.24, 2.45) is 5.92 Å². The maximum absolute atomic E-state index is 10.1. The van der Waals surface area contributed by atoms with Gasteiger partial charge in [-0.25, -0.2) is 0 Å². The molecular weight excluding hydrogens is 265 g/mol. The molecule has 2 nitrogen and oxygen atoms in total. The van der Waals surface area contributed by atoms with Crippen LogP contribution in [0.2, 0.25) is 0 Å². The molecule has 0 aromatic rings. The molecule has 3 heteroatoms. The van der Waals surface area contributed by atoms with E-state index in [0.29, 0.717) is 0 Å². The summed E-state index contributed by atoms with van der Waals surface area (Å²) in [4.78, 5) is 10.1. The number of aliphatic carboxylic acids is 1. The number of carbonyl (C=O) groups is 1. The predicted molar refractivity (Wildman–Crippen MR) is 45.4 cm³/mol. The van der Waals surface area contributed by atoms with Gasteiger partial charge in [-0.3, -0.25) is 0 Å². The van der Waals surface area contributed by atoms with E-state index in [-0.39, 0.29) is 33.7 Å². The van der Waals surface area contributed by atoms with Gasteiger partial charge in [0.1, 0.15) is 0 Å². The Balaban J connectivity index is 0.00000144. The van der Waals surface area contributed by atoms with E-state index in [2.05, 4.69) is 0 Å². The van der Waals surface area contributed by atoms with Gasteiger partial charge in [0.05, 0.1) is 0 Å². The van der Waals surface area contributed by atoms with Gasteiger partial charge in [-0.05, 0) is 18.8 Å². The molecule has 0 N–H and O–H groups in total. The van der Waals surface area contributed by atoms with Crippen LogP contribution in [0, 0.1) is 5.92 Å². The first kappa shape index (κ1) is 13.4. The minimum Gasteiger partial charge on any atom is -0.550 e. The van der Waals surface area contributed by atoms with Crippen molar-refractivity contribution in [2.75, 3.05) is 0 Å². The fraction of sp³-hybridized carbons (Fsp3) is 0.900. The van der Waals surface area contributed by atoms with Crippen molar-refractivity contribution < 1.29 is 37.2 Å². The van der Waals surface area contributed by atoms with Crippen molar-refractivity contribution in [1.82, 2.24) is 0 Å². The number of carbonyl (C=O) groups excluding carboxylic acids is 1. The summed E-state index contributed by atoms with van der Waals surface area (Å²) in [6, 6.07) is 0. The van der Waals surface area contributed by atoms with Gasteiger partial charge in [-0.2, -0.15) is 0 Å². The van der Waals surface area contributed by atoms with E-state index < -0.39 is 5.97 Å². The molecule has 1 saturated carbocycles. The molecule has 0 amide bonds. The molecule has 70 valence electrons. The third-order valence-electron chi connectivity index (χ3n) is 2.72. The standard InChI is InChI=1S/C10H18O2.Cd/c11-10(12)8-4-7-9-5-2-1-3-6-9;/h9H,1-8H2,(H,11,12);/q;+2/p-1. The first-order valence-electron chi connectivity index (χ1n) is 4.99. The molecular formula is C10H17CdO2+. The van der Waals surface area contributed by atoms with Crippen molar-refractivity contribution in [3.05, 3.63) is 0 Å². The Bertz CT molecular complexity index is 142. The zero-order valence-electron chi connectivity index (χ0n) is 8.26. The summed E-state index contributed by atoms with van der Waals surface area (Å²) >= 11 is 0. The Morgan fingerprint density at radius 1 is 1.23 bits per heavy atom. The van der Waals surface area contributed by atoms with Gasteiger partial charge in [0.2, 0.25) is 0 Å². The third-order valence-corrected chi connectivity index (χ3v) is 2.72. The van der Waals surface area contributed by atoms with Crippen LogP contribution in [0.4, 0.5) is 0 Å². The summed E-state index contributed by atoms with van der Waals surface area (Å²) in [7, 11) is 0. The number of carboxylic acids is 1. The summed E-state index contributed by atoms with van der Waals surface area (Å²) < 4.78 is 0. The predicted octanol–water partition coefficient (Wildman–Crippen LogP) is 1.48. The molecule has 0 heterocycles. The zero-order chi connectivity index (χ0) is 8.81. The molecule has 1 fully saturated rings. The van der Waals surface area contributed by atoms with Gasteiger partial charge in [-0.1, -0.05) is 38.5 Å². The molecule has 0 spiro atoms. The maximum atomic E-state index is 10.1. The van der Waals surface area contributed by atoms with E-state index in [0.717, 1.165) is 18.8 Å². The molecule has 0 unspecified atom stereocenters. The quantitative estimate of drug-likeness (QED) is 0.733. The van der Waals surface area contributed by atoms with Crippen LogP contribution in [0.5, 0.6) is 0 Å². The Kier molecular flexibility index (Phi) is 8.00. The van der Waals surface area contributed by atoms with E-state index >= 15 is 0 Å². The number of rotatable bonds is 4. The zero-order valence-corrected chi connectivity index (χ0v) is 12.3. The van der Waals surface area contributed by atoms with Gasteiger partial charge < -0.3 is 9.90 Å². The number of carboxylic acid groups (broad SMARTS) is 1. The molecule has 0 saturated heterocycles. The molecule has 1 aliphatic rings. The van der Waals surface area contributed by atoms with E-state index in [4.69, 9.17) is 0 Å². The van der Waals surface area contributed by atoms with Crippen LogP contribution in [0.1, 0.15) is 51.4 Å². The molecule has 1 rings (SSSR count). The second kappa shape index (κ2) is 7.76. The molecule has 1 aliphatic carbocycles. The van der Waals surface area contributed by atoms with Gasteiger partial charge in [0.25, 0.3) is 0 Å². The minimum atomic E-state index is -0.897. The molecule has 0 bridgehead atoms. The van der Waals surface area contributed by atoms with Crippen LogP contribution in [0.15, 0.2) is 0 Å². The molecule has 0 aliphatic heterocycles. The first-order chi connectivity index (χ1) is 5.79. The minimum absolute atomic E-state index is 0. The third kappa shape index (κ3) is 6.46. The normalized spacial score (nSPS) is 17.8. The Hall–Kier alpha value is 0.392. The monoisotopic (exact) mass is 283 g/mol. The van der Waals surface area contributed by atoms with Crippen LogP contribution in [0.3, 0.4) is 0 Å². The van der Waals surface area contributed by atoms with Crippen LogP contribution in [0.25, 0.3) is 0 Å². The molecule has 0 aromatic heterocycles. The number of hydrogen-bond acceptors (Lipinski definition) is 2. The first-order valence-corrected chi connectivity index (χ1v) is 4.99. The van der Waals surface area contributed by atoms with E-state index in [1.807, 2.05) is 0 Å². The molecule has 0 radical (unpaired) electrons. The van der Waals surface area contributed by atoms with Gasteiger partial charge >= 0.3 is 27.3 Å².